The van der Waals surface area contributed by atoms with Crippen LogP contribution >= 0.6 is 0 Å². The van der Waals surface area contributed by atoms with Crippen molar-refractivity contribution >= 4 is 12.0 Å². The molecule has 0 unspecified atom stereocenters. The van der Waals surface area contributed by atoms with Crippen LogP contribution in [0.3, 0.4) is 0 Å². The van der Waals surface area contributed by atoms with Gasteiger partial charge in [-0.2, -0.15) is 0 Å². The summed E-state index contributed by atoms with van der Waals surface area (Å²) in [6.07, 6.45) is 4.39. The lowest BCUT2D eigenvalue weighted by Crippen LogP contribution is -2.25. The van der Waals surface area contributed by atoms with Crippen molar-refractivity contribution in [2.75, 3.05) is 6.61 Å². The number of alkyl carbamates (subject to hydrolysis) is 1. The van der Waals surface area contributed by atoms with Gasteiger partial charge in [0.15, 0.2) is 0 Å². The summed E-state index contributed by atoms with van der Waals surface area (Å²) in [5.41, 5.74) is 1.97. The first-order valence-electron chi connectivity index (χ1n) is 7.21. The number of carbonyl (C=O) groups excluding carboxylic acids is 2. The maximum atomic E-state index is 12.1. The van der Waals surface area contributed by atoms with Crippen LogP contribution < -0.4 is 10.6 Å². The monoisotopic (exact) mass is 314 g/mol. The maximum absolute atomic E-state index is 12.1. The minimum atomic E-state index is -0.513. The fourth-order valence-electron chi connectivity index (χ4n) is 1.85. The zero-order valence-electron chi connectivity index (χ0n) is 12.8. The lowest BCUT2D eigenvalue weighted by molar-refractivity contribution is 0.0950. The summed E-state index contributed by atoms with van der Waals surface area (Å²) in [4.78, 5) is 31.5. The molecule has 0 bridgehead atoms. The second kappa shape index (κ2) is 8.47. The number of pyridine rings is 2. The molecule has 0 saturated heterocycles. The summed E-state index contributed by atoms with van der Waals surface area (Å²) in [5.74, 6) is -0.214. The smallest absolute Gasteiger partial charge is 0.407 e. The van der Waals surface area contributed by atoms with E-state index in [0.29, 0.717) is 24.4 Å². The Balaban J connectivity index is 1.90. The molecule has 2 rings (SSSR count). The Hall–Kier alpha value is -2.96. The van der Waals surface area contributed by atoms with E-state index in [1.54, 1.807) is 31.5 Å². The van der Waals surface area contributed by atoms with Crippen molar-refractivity contribution in [3.05, 3.63) is 59.7 Å². The quantitative estimate of drug-likeness (QED) is 0.845. The van der Waals surface area contributed by atoms with Gasteiger partial charge in [-0.25, -0.2) is 4.79 Å². The molecular weight excluding hydrogens is 296 g/mol. The highest BCUT2D eigenvalue weighted by Crippen LogP contribution is 2.03. The van der Waals surface area contributed by atoms with Crippen LogP contribution in [0.4, 0.5) is 4.79 Å². The third-order valence-electron chi connectivity index (χ3n) is 2.94. The van der Waals surface area contributed by atoms with Crippen molar-refractivity contribution in [2.45, 2.75) is 20.0 Å². The summed E-state index contributed by atoms with van der Waals surface area (Å²) in [5, 5.41) is 5.37. The Kier molecular flexibility index (Phi) is 6.05. The highest BCUT2D eigenvalue weighted by Gasteiger charge is 2.08. The van der Waals surface area contributed by atoms with Crippen LogP contribution in [0.25, 0.3) is 0 Å². The summed E-state index contributed by atoms with van der Waals surface area (Å²) < 4.78 is 4.77. The van der Waals surface area contributed by atoms with Crippen LogP contribution in [0.5, 0.6) is 0 Å². The van der Waals surface area contributed by atoms with Crippen LogP contribution in [0.2, 0.25) is 0 Å². The molecule has 0 radical (unpaired) electrons. The van der Waals surface area contributed by atoms with Gasteiger partial charge in [-0.05, 0) is 30.7 Å². The molecule has 23 heavy (non-hydrogen) atoms. The van der Waals surface area contributed by atoms with E-state index in [1.807, 2.05) is 12.1 Å². The number of carbonyl (C=O) groups is 2. The molecule has 0 spiro atoms. The molecule has 2 amide bonds. The Morgan fingerprint density at radius 3 is 2.78 bits per heavy atom. The van der Waals surface area contributed by atoms with Gasteiger partial charge in [0.05, 0.1) is 18.8 Å². The summed E-state index contributed by atoms with van der Waals surface area (Å²) in [6.45, 7) is 2.62. The molecule has 2 aromatic rings. The van der Waals surface area contributed by atoms with Gasteiger partial charge in [0, 0.05) is 30.7 Å². The molecule has 7 nitrogen and oxygen atoms in total. The van der Waals surface area contributed by atoms with Crippen LogP contribution in [0, 0.1) is 0 Å². The molecule has 0 saturated carbocycles. The number of hydrogen-bond acceptors (Lipinski definition) is 5. The number of rotatable bonds is 6. The van der Waals surface area contributed by atoms with E-state index < -0.39 is 6.09 Å². The van der Waals surface area contributed by atoms with E-state index in [1.165, 1.54) is 6.20 Å². The molecule has 2 aromatic heterocycles. The van der Waals surface area contributed by atoms with Crippen LogP contribution in [0.15, 0.2) is 42.9 Å². The van der Waals surface area contributed by atoms with E-state index in [0.717, 1.165) is 5.56 Å². The van der Waals surface area contributed by atoms with Gasteiger partial charge in [0.25, 0.3) is 5.91 Å². The molecule has 0 aliphatic carbocycles. The van der Waals surface area contributed by atoms with Crippen molar-refractivity contribution < 1.29 is 14.3 Å². The van der Waals surface area contributed by atoms with Crippen LogP contribution in [-0.4, -0.2) is 28.6 Å². The number of nitrogens with one attached hydrogen (secondary N) is 2. The molecule has 2 N–H and O–H groups in total. The summed E-state index contributed by atoms with van der Waals surface area (Å²) in [7, 11) is 0. The van der Waals surface area contributed by atoms with Gasteiger partial charge >= 0.3 is 6.09 Å². The summed E-state index contributed by atoms with van der Waals surface area (Å²) in [6, 6.07) is 6.94. The van der Waals surface area contributed by atoms with Crippen molar-refractivity contribution in [3.63, 3.8) is 0 Å². The van der Waals surface area contributed by atoms with Crippen LogP contribution in [0.1, 0.15) is 28.5 Å². The van der Waals surface area contributed by atoms with E-state index in [4.69, 9.17) is 4.74 Å². The standard InChI is InChI=1S/C16H18N4O3/c1-2-23-16(22)20-11-14-8-13(5-7-18-14)15(21)19-10-12-4-3-6-17-9-12/h3-9H,2,10-11H2,1H3,(H,19,21)(H,20,22). The molecule has 120 valence electrons. The Bertz CT molecular complexity index is 661. The van der Waals surface area contributed by atoms with E-state index in [-0.39, 0.29) is 12.5 Å². The largest absolute Gasteiger partial charge is 0.450 e. The molecule has 0 fully saturated rings. The highest BCUT2D eigenvalue weighted by atomic mass is 16.5. The zero-order valence-corrected chi connectivity index (χ0v) is 12.8. The van der Waals surface area contributed by atoms with E-state index >= 15 is 0 Å². The van der Waals surface area contributed by atoms with Gasteiger partial charge < -0.3 is 15.4 Å². The molecule has 0 atom stereocenters. The maximum Gasteiger partial charge on any atom is 0.407 e. The van der Waals surface area contributed by atoms with Gasteiger partial charge in [0.1, 0.15) is 0 Å². The third-order valence-corrected chi connectivity index (χ3v) is 2.94. The number of hydrogen-bond donors (Lipinski definition) is 2. The summed E-state index contributed by atoms with van der Waals surface area (Å²) >= 11 is 0. The second-order valence-electron chi connectivity index (χ2n) is 4.65. The Morgan fingerprint density at radius 2 is 2.04 bits per heavy atom. The topological polar surface area (TPSA) is 93.2 Å². The van der Waals surface area contributed by atoms with E-state index in [9.17, 15) is 9.59 Å². The zero-order chi connectivity index (χ0) is 16.5. The normalized spacial score (nSPS) is 9.96. The second-order valence-corrected chi connectivity index (χ2v) is 4.65. The fourth-order valence-corrected chi connectivity index (χ4v) is 1.85. The fraction of sp³-hybridized carbons (Fsp3) is 0.250. The first-order chi connectivity index (χ1) is 11.2. The average molecular weight is 314 g/mol. The molecule has 0 aliphatic rings. The SMILES string of the molecule is CCOC(=O)NCc1cc(C(=O)NCc2cccnc2)ccn1. The minimum absolute atomic E-state index is 0.197. The number of amides is 2. The van der Waals surface area contributed by atoms with Gasteiger partial charge in [-0.3, -0.25) is 14.8 Å². The Morgan fingerprint density at radius 1 is 1.17 bits per heavy atom. The van der Waals surface area contributed by atoms with Gasteiger partial charge in [-0.1, -0.05) is 6.07 Å². The predicted octanol–water partition coefficient (Wildman–Crippen LogP) is 1.65. The van der Waals surface area contributed by atoms with Crippen LogP contribution in [-0.2, 0) is 17.8 Å². The number of nitrogens with zero attached hydrogens (tertiary/aromatic N) is 2. The molecule has 2 heterocycles. The van der Waals surface area contributed by atoms with E-state index in [2.05, 4.69) is 20.6 Å². The third kappa shape index (κ3) is 5.39. The predicted molar refractivity (Wildman–Crippen MR) is 83.5 cm³/mol. The number of aromatic nitrogens is 2. The lowest BCUT2D eigenvalue weighted by atomic mass is 10.2. The molecular formula is C16H18N4O3. The average Bonchev–Trinajstić information content (AvgIpc) is 2.59. The molecule has 7 heteroatoms. The first kappa shape index (κ1) is 16.4. The van der Waals surface area contributed by atoms with Crippen molar-refractivity contribution in [1.29, 1.82) is 0 Å². The lowest BCUT2D eigenvalue weighted by Gasteiger charge is -2.07. The molecule has 0 aromatic carbocycles. The Labute approximate surface area is 134 Å². The molecule has 0 aliphatic heterocycles. The first-order valence-corrected chi connectivity index (χ1v) is 7.21. The van der Waals surface area contributed by atoms with Gasteiger partial charge in [0.2, 0.25) is 0 Å². The highest BCUT2D eigenvalue weighted by molar-refractivity contribution is 5.94. The van der Waals surface area contributed by atoms with Gasteiger partial charge in [-0.15, -0.1) is 0 Å². The van der Waals surface area contributed by atoms with Crippen molar-refractivity contribution in [3.8, 4) is 0 Å². The number of ether oxygens (including phenoxy) is 1. The van der Waals surface area contributed by atoms with Crippen molar-refractivity contribution in [1.82, 2.24) is 20.6 Å². The van der Waals surface area contributed by atoms with Crippen molar-refractivity contribution in [2.24, 2.45) is 0 Å². The minimum Gasteiger partial charge on any atom is -0.450 e.